The molecular weight excluding hydrogens is 751 g/mol. The maximum atomic E-state index is 6.79. The van der Waals surface area contributed by atoms with Gasteiger partial charge in [0.15, 0.2) is 5.58 Å². The van der Waals surface area contributed by atoms with Crippen molar-refractivity contribution in [3.8, 4) is 66.8 Å². The van der Waals surface area contributed by atoms with Crippen LogP contribution >= 0.6 is 0 Å². The molecule has 2 nitrogen and oxygen atoms in total. The minimum Gasteiger partial charge on any atom is -0.454 e. The molecule has 2 heteroatoms. The van der Waals surface area contributed by atoms with Gasteiger partial charge in [0.05, 0.1) is 11.4 Å². The Labute approximate surface area is 362 Å². The highest BCUT2D eigenvalue weighted by atomic mass is 16.3. The zero-order chi connectivity index (χ0) is 41.2. The van der Waals surface area contributed by atoms with Crippen molar-refractivity contribution in [1.82, 2.24) is 0 Å². The number of rotatable bonds is 9. The summed E-state index contributed by atoms with van der Waals surface area (Å²) in [6.07, 6.45) is 0. The molecule has 0 radical (unpaired) electrons. The van der Waals surface area contributed by atoms with Crippen molar-refractivity contribution < 1.29 is 4.42 Å². The summed E-state index contributed by atoms with van der Waals surface area (Å²) < 4.78 is 6.79. The maximum Gasteiger partial charge on any atom is 0.159 e. The molecular formula is C60H41NO. The molecule has 0 aliphatic rings. The molecule has 0 spiro atoms. The molecule has 1 heterocycles. The zero-order valence-corrected chi connectivity index (χ0v) is 34.0. The standard InChI is InChI=1S/C60H41NO/c1-4-17-42(18-5-1)44-31-33-45(34-32-44)46-35-38-49(39-36-46)61(58-29-16-27-55-54-26-13-15-30-59(54)62-60(55)58)57-28-14-12-25-53(57)56-41-48(43-19-6-2-7-20-43)37-40-52(56)51-24-11-10-23-50(51)47-21-8-3-9-22-47/h1-41H. The first-order valence-corrected chi connectivity index (χ1v) is 21.2. The van der Waals surface area contributed by atoms with Crippen LogP contribution < -0.4 is 4.90 Å². The molecule has 62 heavy (non-hydrogen) atoms. The van der Waals surface area contributed by atoms with Crippen LogP contribution in [-0.4, -0.2) is 0 Å². The van der Waals surface area contributed by atoms with Gasteiger partial charge in [-0.15, -0.1) is 0 Å². The number of para-hydroxylation sites is 3. The second-order valence-corrected chi connectivity index (χ2v) is 15.6. The van der Waals surface area contributed by atoms with E-state index in [1.807, 2.05) is 6.07 Å². The highest BCUT2D eigenvalue weighted by Crippen LogP contribution is 2.48. The highest BCUT2D eigenvalue weighted by molar-refractivity contribution is 6.11. The van der Waals surface area contributed by atoms with Gasteiger partial charge in [-0.3, -0.25) is 0 Å². The van der Waals surface area contributed by atoms with Crippen molar-refractivity contribution in [1.29, 1.82) is 0 Å². The lowest BCUT2D eigenvalue weighted by atomic mass is 9.86. The van der Waals surface area contributed by atoms with Crippen molar-refractivity contribution >= 4 is 39.0 Å². The van der Waals surface area contributed by atoms with E-state index in [0.29, 0.717) is 0 Å². The number of hydrogen-bond donors (Lipinski definition) is 0. The van der Waals surface area contributed by atoms with E-state index < -0.39 is 0 Å². The van der Waals surface area contributed by atoms with E-state index in [0.717, 1.165) is 66.8 Å². The minimum absolute atomic E-state index is 0.844. The van der Waals surface area contributed by atoms with Gasteiger partial charge in [-0.1, -0.05) is 212 Å². The van der Waals surface area contributed by atoms with Crippen molar-refractivity contribution in [3.05, 3.63) is 249 Å². The van der Waals surface area contributed by atoms with Gasteiger partial charge in [0, 0.05) is 22.0 Å². The van der Waals surface area contributed by atoms with Gasteiger partial charge in [0.25, 0.3) is 0 Å². The summed E-state index contributed by atoms with van der Waals surface area (Å²) in [5.74, 6) is 0. The van der Waals surface area contributed by atoms with E-state index in [1.54, 1.807) is 0 Å². The average Bonchev–Trinajstić information content (AvgIpc) is 3.75. The van der Waals surface area contributed by atoms with Crippen LogP contribution in [0.1, 0.15) is 0 Å². The number of fused-ring (bicyclic) bond motifs is 3. The molecule has 11 aromatic rings. The predicted octanol–water partition coefficient (Wildman–Crippen LogP) is 17.1. The number of anilines is 3. The molecule has 0 saturated carbocycles. The van der Waals surface area contributed by atoms with Crippen LogP contribution in [0, 0.1) is 0 Å². The zero-order valence-electron chi connectivity index (χ0n) is 34.0. The summed E-state index contributed by atoms with van der Waals surface area (Å²) in [5, 5.41) is 2.18. The summed E-state index contributed by atoms with van der Waals surface area (Å²) in [6.45, 7) is 0. The first-order valence-electron chi connectivity index (χ1n) is 21.2. The normalized spacial score (nSPS) is 11.2. The minimum atomic E-state index is 0.844. The SMILES string of the molecule is c1ccc(-c2ccc(-c3ccc(N(c4ccccc4-c4cc(-c5ccccc5)ccc4-c4ccccc4-c4ccccc4)c4cccc5c4oc4ccccc45)cc3)cc2)cc1. The first-order chi connectivity index (χ1) is 30.8. The number of nitrogens with zero attached hydrogens (tertiary/aromatic N) is 1. The van der Waals surface area contributed by atoms with Crippen LogP contribution in [0.25, 0.3) is 88.7 Å². The monoisotopic (exact) mass is 791 g/mol. The summed E-state index contributed by atoms with van der Waals surface area (Å²) in [6, 6.07) is 89.0. The van der Waals surface area contributed by atoms with Gasteiger partial charge in [-0.25, -0.2) is 0 Å². The Kier molecular flexibility index (Phi) is 9.57. The third-order valence-corrected chi connectivity index (χ3v) is 11.9. The van der Waals surface area contributed by atoms with Crippen molar-refractivity contribution in [2.24, 2.45) is 0 Å². The molecule has 0 fully saturated rings. The van der Waals surface area contributed by atoms with E-state index in [2.05, 4.69) is 248 Å². The van der Waals surface area contributed by atoms with E-state index >= 15 is 0 Å². The van der Waals surface area contributed by atoms with Crippen molar-refractivity contribution in [2.45, 2.75) is 0 Å². The topological polar surface area (TPSA) is 16.4 Å². The van der Waals surface area contributed by atoms with Gasteiger partial charge in [0.2, 0.25) is 0 Å². The summed E-state index contributed by atoms with van der Waals surface area (Å²) in [5.41, 5.74) is 18.8. The largest absolute Gasteiger partial charge is 0.454 e. The number of benzene rings is 10. The maximum absolute atomic E-state index is 6.79. The molecule has 0 atom stereocenters. The Bertz CT molecular complexity index is 3310. The fourth-order valence-electron chi connectivity index (χ4n) is 8.90. The fourth-order valence-corrected chi connectivity index (χ4v) is 8.90. The lowest BCUT2D eigenvalue weighted by Gasteiger charge is -2.29. The molecule has 11 rings (SSSR count). The van der Waals surface area contributed by atoms with E-state index in [1.165, 1.54) is 38.9 Å². The van der Waals surface area contributed by atoms with E-state index in [9.17, 15) is 0 Å². The summed E-state index contributed by atoms with van der Waals surface area (Å²) in [4.78, 5) is 2.38. The second kappa shape index (κ2) is 16.1. The summed E-state index contributed by atoms with van der Waals surface area (Å²) >= 11 is 0. The highest BCUT2D eigenvalue weighted by Gasteiger charge is 2.24. The lowest BCUT2D eigenvalue weighted by molar-refractivity contribution is 0.669. The molecule has 0 aliphatic carbocycles. The average molecular weight is 792 g/mol. The first kappa shape index (κ1) is 36.8. The molecule has 0 unspecified atom stereocenters. The Morgan fingerprint density at radius 2 is 0.710 bits per heavy atom. The Hall–Kier alpha value is -8.20. The van der Waals surface area contributed by atoms with E-state index in [4.69, 9.17) is 4.42 Å². The molecule has 0 N–H and O–H groups in total. The van der Waals surface area contributed by atoms with Gasteiger partial charge < -0.3 is 9.32 Å². The fraction of sp³-hybridized carbons (Fsp3) is 0. The van der Waals surface area contributed by atoms with Crippen LogP contribution in [0.3, 0.4) is 0 Å². The van der Waals surface area contributed by atoms with Crippen molar-refractivity contribution in [2.75, 3.05) is 4.90 Å². The third-order valence-electron chi connectivity index (χ3n) is 11.9. The van der Waals surface area contributed by atoms with Crippen molar-refractivity contribution in [3.63, 3.8) is 0 Å². The Morgan fingerprint density at radius 1 is 0.258 bits per heavy atom. The Morgan fingerprint density at radius 3 is 1.39 bits per heavy atom. The third kappa shape index (κ3) is 6.84. The lowest BCUT2D eigenvalue weighted by Crippen LogP contribution is -2.11. The van der Waals surface area contributed by atoms with Crippen LogP contribution in [0.5, 0.6) is 0 Å². The summed E-state index contributed by atoms with van der Waals surface area (Å²) in [7, 11) is 0. The van der Waals surface area contributed by atoms with Gasteiger partial charge in [0.1, 0.15) is 5.58 Å². The van der Waals surface area contributed by atoms with E-state index in [-0.39, 0.29) is 0 Å². The molecule has 0 saturated heterocycles. The molecule has 292 valence electrons. The van der Waals surface area contributed by atoms with Crippen LogP contribution in [0.4, 0.5) is 17.1 Å². The van der Waals surface area contributed by atoms with Crippen LogP contribution in [0.15, 0.2) is 253 Å². The molecule has 0 aliphatic heterocycles. The quantitative estimate of drug-likeness (QED) is 0.145. The second-order valence-electron chi connectivity index (χ2n) is 15.6. The smallest absolute Gasteiger partial charge is 0.159 e. The Balaban J connectivity index is 1.12. The van der Waals surface area contributed by atoms with Gasteiger partial charge in [-0.05, 0) is 97.6 Å². The van der Waals surface area contributed by atoms with Gasteiger partial charge >= 0.3 is 0 Å². The van der Waals surface area contributed by atoms with Gasteiger partial charge in [-0.2, -0.15) is 0 Å². The van der Waals surface area contributed by atoms with Crippen LogP contribution in [-0.2, 0) is 0 Å². The van der Waals surface area contributed by atoms with Crippen LogP contribution in [0.2, 0.25) is 0 Å². The molecule has 1 aromatic heterocycles. The molecule has 10 aromatic carbocycles. The molecule has 0 amide bonds. The predicted molar refractivity (Wildman–Crippen MR) is 261 cm³/mol. The number of furan rings is 1. The number of hydrogen-bond acceptors (Lipinski definition) is 2. The molecule has 0 bridgehead atoms.